The average Bonchev–Trinajstić information content (AvgIpc) is 2.70. The number of anilines is 1. The van der Waals surface area contributed by atoms with Gasteiger partial charge in [0.05, 0.1) is 20.1 Å². The molecule has 1 N–H and O–H groups in total. The van der Waals surface area contributed by atoms with Crippen molar-refractivity contribution in [2.45, 2.75) is 6.42 Å². The number of hydrogen-bond donors (Lipinski definition) is 1. The van der Waals surface area contributed by atoms with Crippen LogP contribution in [0.3, 0.4) is 0 Å². The Kier molecular flexibility index (Phi) is 6.60. The van der Waals surface area contributed by atoms with Crippen molar-refractivity contribution < 1.29 is 18.7 Å². The molecule has 1 heterocycles. The molecule has 6 nitrogen and oxygen atoms in total. The SMILES string of the molecule is COc1cccc(CC(=O)N2CCN(CC(=O)Nc3ccc(F)cc3)CC2)c1. The summed E-state index contributed by atoms with van der Waals surface area (Å²) in [5, 5.41) is 2.75. The number of halogens is 1. The maximum Gasteiger partial charge on any atom is 0.238 e. The molecule has 0 atom stereocenters. The number of amides is 2. The van der Waals surface area contributed by atoms with Crippen molar-refractivity contribution in [2.24, 2.45) is 0 Å². The smallest absolute Gasteiger partial charge is 0.238 e. The fourth-order valence-corrected chi connectivity index (χ4v) is 3.16. The number of carbonyl (C=O) groups is 2. The first-order valence-electron chi connectivity index (χ1n) is 9.22. The zero-order valence-electron chi connectivity index (χ0n) is 15.9. The van der Waals surface area contributed by atoms with Crippen LogP contribution in [0.5, 0.6) is 5.75 Å². The summed E-state index contributed by atoms with van der Waals surface area (Å²) in [5.74, 6) is 0.321. The molecule has 2 aromatic rings. The van der Waals surface area contributed by atoms with Crippen LogP contribution in [0.2, 0.25) is 0 Å². The summed E-state index contributed by atoms with van der Waals surface area (Å²) in [7, 11) is 1.60. The van der Waals surface area contributed by atoms with Gasteiger partial charge in [-0.1, -0.05) is 12.1 Å². The van der Waals surface area contributed by atoms with Crippen molar-refractivity contribution in [3.63, 3.8) is 0 Å². The van der Waals surface area contributed by atoms with E-state index in [-0.39, 0.29) is 24.2 Å². The van der Waals surface area contributed by atoms with E-state index in [0.717, 1.165) is 11.3 Å². The van der Waals surface area contributed by atoms with E-state index in [1.165, 1.54) is 24.3 Å². The number of rotatable bonds is 6. The zero-order chi connectivity index (χ0) is 19.9. The number of methoxy groups -OCH3 is 1. The lowest BCUT2D eigenvalue weighted by atomic mass is 10.1. The molecule has 2 amide bonds. The largest absolute Gasteiger partial charge is 0.497 e. The molecule has 0 unspecified atom stereocenters. The third kappa shape index (κ3) is 5.53. The van der Waals surface area contributed by atoms with Gasteiger partial charge >= 0.3 is 0 Å². The van der Waals surface area contributed by atoms with E-state index in [1.807, 2.05) is 34.1 Å². The summed E-state index contributed by atoms with van der Waals surface area (Å²) in [6, 6.07) is 13.2. The second-order valence-corrected chi connectivity index (χ2v) is 6.74. The van der Waals surface area contributed by atoms with Crippen LogP contribution in [0.25, 0.3) is 0 Å². The van der Waals surface area contributed by atoms with Gasteiger partial charge in [0.1, 0.15) is 11.6 Å². The number of nitrogens with zero attached hydrogens (tertiary/aromatic N) is 2. The zero-order valence-corrected chi connectivity index (χ0v) is 15.9. The minimum atomic E-state index is -0.340. The Bertz CT molecular complexity index is 818. The van der Waals surface area contributed by atoms with Crippen LogP contribution >= 0.6 is 0 Å². The van der Waals surface area contributed by atoms with Crippen molar-refractivity contribution in [1.82, 2.24) is 9.80 Å². The van der Waals surface area contributed by atoms with Crippen molar-refractivity contribution in [3.8, 4) is 5.75 Å². The Morgan fingerprint density at radius 2 is 1.79 bits per heavy atom. The molecule has 3 rings (SSSR count). The summed E-state index contributed by atoms with van der Waals surface area (Å²) in [5.41, 5.74) is 1.49. The second-order valence-electron chi connectivity index (χ2n) is 6.74. The lowest BCUT2D eigenvalue weighted by Gasteiger charge is -2.34. The standard InChI is InChI=1S/C21H24FN3O3/c1-28-19-4-2-3-16(13-19)14-21(27)25-11-9-24(10-12-25)15-20(26)23-18-7-5-17(22)6-8-18/h2-8,13H,9-12,14-15H2,1H3,(H,23,26). The molecular weight excluding hydrogens is 361 g/mol. The molecule has 0 aliphatic carbocycles. The van der Waals surface area contributed by atoms with Gasteiger partial charge in [0.15, 0.2) is 0 Å². The molecule has 0 aromatic heterocycles. The first kappa shape index (κ1) is 19.8. The molecule has 0 saturated carbocycles. The molecule has 7 heteroatoms. The number of ether oxygens (including phenoxy) is 1. The van der Waals surface area contributed by atoms with Gasteiger partial charge in [-0.15, -0.1) is 0 Å². The molecule has 2 aromatic carbocycles. The topological polar surface area (TPSA) is 61.9 Å². The molecule has 0 radical (unpaired) electrons. The average molecular weight is 385 g/mol. The van der Waals surface area contributed by atoms with Gasteiger partial charge in [-0.2, -0.15) is 0 Å². The summed E-state index contributed by atoms with van der Waals surface area (Å²) < 4.78 is 18.1. The summed E-state index contributed by atoms with van der Waals surface area (Å²) in [6.07, 6.45) is 0.336. The number of piperazine rings is 1. The molecule has 1 saturated heterocycles. The molecule has 1 fully saturated rings. The predicted octanol–water partition coefficient (Wildman–Crippen LogP) is 2.16. The predicted molar refractivity (Wildman–Crippen MR) is 105 cm³/mol. The molecule has 1 aliphatic rings. The van der Waals surface area contributed by atoms with Gasteiger partial charge in [0.25, 0.3) is 0 Å². The number of nitrogens with one attached hydrogen (secondary N) is 1. The highest BCUT2D eigenvalue weighted by atomic mass is 19.1. The lowest BCUT2D eigenvalue weighted by molar-refractivity contribution is -0.132. The van der Waals surface area contributed by atoms with E-state index in [2.05, 4.69) is 5.32 Å². The summed E-state index contributed by atoms with van der Waals surface area (Å²) in [4.78, 5) is 28.5. The fourth-order valence-electron chi connectivity index (χ4n) is 3.16. The monoisotopic (exact) mass is 385 g/mol. The van der Waals surface area contributed by atoms with Crippen LogP contribution < -0.4 is 10.1 Å². The van der Waals surface area contributed by atoms with Crippen LogP contribution in [-0.2, 0) is 16.0 Å². The van der Waals surface area contributed by atoms with E-state index >= 15 is 0 Å². The van der Waals surface area contributed by atoms with Crippen LogP contribution in [0.4, 0.5) is 10.1 Å². The summed E-state index contributed by atoms with van der Waals surface area (Å²) >= 11 is 0. The molecule has 0 spiro atoms. The minimum absolute atomic E-state index is 0.0728. The van der Waals surface area contributed by atoms with E-state index in [1.54, 1.807) is 7.11 Å². The number of benzene rings is 2. The van der Waals surface area contributed by atoms with Crippen LogP contribution in [-0.4, -0.2) is 61.4 Å². The Morgan fingerprint density at radius 3 is 2.46 bits per heavy atom. The number of hydrogen-bond acceptors (Lipinski definition) is 4. The normalized spacial score (nSPS) is 14.6. The van der Waals surface area contributed by atoms with Crippen LogP contribution in [0, 0.1) is 5.82 Å². The Labute approximate surface area is 163 Å². The highest BCUT2D eigenvalue weighted by molar-refractivity contribution is 5.92. The van der Waals surface area contributed by atoms with Gasteiger partial charge in [0.2, 0.25) is 11.8 Å². The molecule has 1 aliphatic heterocycles. The van der Waals surface area contributed by atoms with E-state index in [0.29, 0.717) is 38.3 Å². The van der Waals surface area contributed by atoms with Crippen molar-refractivity contribution in [2.75, 3.05) is 45.2 Å². The van der Waals surface area contributed by atoms with Gasteiger partial charge < -0.3 is 15.0 Å². The third-order valence-corrected chi connectivity index (χ3v) is 4.71. The highest BCUT2D eigenvalue weighted by Crippen LogP contribution is 2.14. The van der Waals surface area contributed by atoms with Gasteiger partial charge in [-0.05, 0) is 42.0 Å². The molecule has 28 heavy (non-hydrogen) atoms. The first-order valence-corrected chi connectivity index (χ1v) is 9.22. The third-order valence-electron chi connectivity index (χ3n) is 4.71. The minimum Gasteiger partial charge on any atom is -0.497 e. The molecule has 148 valence electrons. The molecular formula is C21H24FN3O3. The van der Waals surface area contributed by atoms with E-state index in [9.17, 15) is 14.0 Å². The highest BCUT2D eigenvalue weighted by Gasteiger charge is 2.22. The quantitative estimate of drug-likeness (QED) is 0.828. The number of carbonyl (C=O) groups excluding carboxylic acids is 2. The second kappa shape index (κ2) is 9.32. The van der Waals surface area contributed by atoms with Crippen LogP contribution in [0.1, 0.15) is 5.56 Å². The summed E-state index contributed by atoms with van der Waals surface area (Å²) in [6.45, 7) is 2.70. The van der Waals surface area contributed by atoms with Gasteiger partial charge in [0, 0.05) is 31.9 Å². The first-order chi connectivity index (χ1) is 13.5. The Hall–Kier alpha value is -2.93. The Balaban J connectivity index is 1.43. The van der Waals surface area contributed by atoms with Gasteiger partial charge in [-0.3, -0.25) is 14.5 Å². The van der Waals surface area contributed by atoms with E-state index in [4.69, 9.17) is 4.74 Å². The van der Waals surface area contributed by atoms with Gasteiger partial charge in [-0.25, -0.2) is 4.39 Å². The van der Waals surface area contributed by atoms with Crippen molar-refractivity contribution >= 4 is 17.5 Å². The Morgan fingerprint density at radius 1 is 1.07 bits per heavy atom. The van der Waals surface area contributed by atoms with E-state index < -0.39 is 0 Å². The maximum absolute atomic E-state index is 12.9. The fraction of sp³-hybridized carbons (Fsp3) is 0.333. The van der Waals surface area contributed by atoms with Crippen molar-refractivity contribution in [3.05, 3.63) is 59.9 Å². The van der Waals surface area contributed by atoms with Crippen LogP contribution in [0.15, 0.2) is 48.5 Å². The van der Waals surface area contributed by atoms with Crippen molar-refractivity contribution in [1.29, 1.82) is 0 Å². The molecule has 0 bridgehead atoms. The maximum atomic E-state index is 12.9. The lowest BCUT2D eigenvalue weighted by Crippen LogP contribution is -2.50.